The maximum absolute atomic E-state index is 11.4. The van der Waals surface area contributed by atoms with Crippen LogP contribution in [-0.2, 0) is 9.53 Å². The van der Waals surface area contributed by atoms with Crippen LogP contribution in [0.5, 0.6) is 0 Å². The third kappa shape index (κ3) is 3.80. The summed E-state index contributed by atoms with van der Waals surface area (Å²) >= 11 is 0. The zero-order valence-electron chi connectivity index (χ0n) is 8.58. The van der Waals surface area contributed by atoms with Crippen molar-refractivity contribution < 1.29 is 9.53 Å². The number of hydrogen-bond acceptors (Lipinski definition) is 2. The zero-order chi connectivity index (χ0) is 10.4. The van der Waals surface area contributed by atoms with Crippen molar-refractivity contribution in [1.29, 1.82) is 0 Å². The molecule has 14 heavy (non-hydrogen) atoms. The van der Waals surface area contributed by atoms with Crippen LogP contribution in [0.3, 0.4) is 0 Å². The zero-order valence-corrected chi connectivity index (χ0v) is 8.58. The molecule has 1 fully saturated rings. The molecule has 3 nitrogen and oxygen atoms in total. The minimum atomic E-state index is 0.0413. The summed E-state index contributed by atoms with van der Waals surface area (Å²) in [7, 11) is 0. The van der Waals surface area contributed by atoms with Gasteiger partial charge >= 0.3 is 0 Å². The number of terminal acetylenes is 1. The number of ether oxygens (including phenoxy) is 1. The van der Waals surface area contributed by atoms with Crippen molar-refractivity contribution in [3.63, 3.8) is 0 Å². The van der Waals surface area contributed by atoms with Crippen molar-refractivity contribution in [2.24, 2.45) is 0 Å². The maximum atomic E-state index is 11.4. The Balaban J connectivity index is 2.18. The third-order valence-electron chi connectivity index (χ3n) is 2.27. The Kier molecular flexibility index (Phi) is 4.48. The highest BCUT2D eigenvalue weighted by atomic mass is 16.5. The fraction of sp³-hybridized carbons (Fsp3) is 0.727. The Morgan fingerprint density at radius 3 is 3.14 bits per heavy atom. The Morgan fingerprint density at radius 1 is 1.79 bits per heavy atom. The summed E-state index contributed by atoms with van der Waals surface area (Å²) in [5.74, 6) is 2.56. The molecule has 0 aliphatic carbocycles. The van der Waals surface area contributed by atoms with E-state index < -0.39 is 0 Å². The number of hydrogen-bond donors (Lipinski definition) is 1. The van der Waals surface area contributed by atoms with E-state index in [0.717, 1.165) is 19.4 Å². The first-order chi connectivity index (χ1) is 6.72. The van der Waals surface area contributed by atoms with Crippen molar-refractivity contribution in [1.82, 2.24) is 5.32 Å². The van der Waals surface area contributed by atoms with Crippen molar-refractivity contribution in [3.8, 4) is 12.3 Å². The van der Waals surface area contributed by atoms with Gasteiger partial charge < -0.3 is 10.1 Å². The van der Waals surface area contributed by atoms with Gasteiger partial charge in [0, 0.05) is 19.1 Å². The van der Waals surface area contributed by atoms with Crippen molar-refractivity contribution >= 4 is 5.91 Å². The van der Waals surface area contributed by atoms with E-state index >= 15 is 0 Å². The lowest BCUT2D eigenvalue weighted by molar-refractivity contribution is -0.123. The number of rotatable bonds is 4. The smallest absolute Gasteiger partial charge is 0.222 e. The molecular weight excluding hydrogens is 178 g/mol. The minimum Gasteiger partial charge on any atom is -0.378 e. The van der Waals surface area contributed by atoms with Gasteiger partial charge in [0.05, 0.1) is 12.5 Å². The Hall–Kier alpha value is -1.01. The molecule has 1 heterocycles. The standard InChI is InChI=1S/C11H17NO2/c1-3-5-9(2)12-11(13)8-10-6-4-7-14-10/h1,9-10H,4-8H2,2H3,(H,12,13). The molecule has 78 valence electrons. The number of carbonyl (C=O) groups excluding carboxylic acids is 1. The molecule has 1 amide bonds. The van der Waals surface area contributed by atoms with Crippen molar-refractivity contribution in [2.75, 3.05) is 6.61 Å². The van der Waals surface area contributed by atoms with E-state index in [4.69, 9.17) is 11.2 Å². The predicted octanol–water partition coefficient (Wildman–Crippen LogP) is 1.08. The SMILES string of the molecule is C#CCC(C)NC(=O)CC1CCCO1. The largest absolute Gasteiger partial charge is 0.378 e. The minimum absolute atomic E-state index is 0.0413. The predicted molar refractivity (Wildman–Crippen MR) is 54.6 cm³/mol. The van der Waals surface area contributed by atoms with Gasteiger partial charge in [-0.1, -0.05) is 0 Å². The van der Waals surface area contributed by atoms with Crippen LogP contribution in [-0.4, -0.2) is 24.7 Å². The van der Waals surface area contributed by atoms with E-state index in [1.807, 2.05) is 6.92 Å². The lowest BCUT2D eigenvalue weighted by Gasteiger charge is -2.13. The van der Waals surface area contributed by atoms with Crippen LogP contribution in [0.15, 0.2) is 0 Å². The van der Waals surface area contributed by atoms with Gasteiger partial charge in [0.2, 0.25) is 5.91 Å². The quantitative estimate of drug-likeness (QED) is 0.682. The van der Waals surface area contributed by atoms with E-state index in [0.29, 0.717) is 12.8 Å². The molecule has 2 unspecified atom stereocenters. The van der Waals surface area contributed by atoms with E-state index in [1.165, 1.54) is 0 Å². The highest BCUT2D eigenvalue weighted by Gasteiger charge is 2.19. The first-order valence-electron chi connectivity index (χ1n) is 5.07. The lowest BCUT2D eigenvalue weighted by Crippen LogP contribution is -2.34. The summed E-state index contributed by atoms with van der Waals surface area (Å²) in [5, 5.41) is 2.85. The van der Waals surface area contributed by atoms with Crippen molar-refractivity contribution in [3.05, 3.63) is 0 Å². The monoisotopic (exact) mass is 195 g/mol. The average Bonchev–Trinajstić information content (AvgIpc) is 2.56. The molecule has 1 N–H and O–H groups in total. The molecule has 0 saturated carbocycles. The molecule has 1 aliphatic rings. The molecule has 2 atom stereocenters. The third-order valence-corrected chi connectivity index (χ3v) is 2.27. The molecule has 0 bridgehead atoms. The molecule has 1 aliphatic heterocycles. The molecule has 1 saturated heterocycles. The Bertz CT molecular complexity index is 226. The molecule has 0 aromatic carbocycles. The van der Waals surface area contributed by atoms with Crippen LogP contribution < -0.4 is 5.32 Å². The van der Waals surface area contributed by atoms with Gasteiger partial charge in [-0.05, 0) is 19.8 Å². The highest BCUT2D eigenvalue weighted by Crippen LogP contribution is 2.14. The van der Waals surface area contributed by atoms with E-state index in [1.54, 1.807) is 0 Å². The van der Waals surface area contributed by atoms with E-state index in [2.05, 4.69) is 11.2 Å². The second-order valence-corrected chi connectivity index (χ2v) is 3.72. The molecule has 3 heteroatoms. The normalized spacial score (nSPS) is 22.7. The topological polar surface area (TPSA) is 38.3 Å². The van der Waals surface area contributed by atoms with Gasteiger partial charge in [0.1, 0.15) is 0 Å². The molecule has 1 rings (SSSR count). The van der Waals surface area contributed by atoms with Crippen LogP contribution in [0.4, 0.5) is 0 Å². The van der Waals surface area contributed by atoms with E-state index in [-0.39, 0.29) is 18.1 Å². The Morgan fingerprint density at radius 2 is 2.57 bits per heavy atom. The molecule has 0 radical (unpaired) electrons. The van der Waals surface area contributed by atoms with E-state index in [9.17, 15) is 4.79 Å². The lowest BCUT2D eigenvalue weighted by atomic mass is 10.1. The summed E-state index contributed by atoms with van der Waals surface area (Å²) in [6, 6.07) is 0.0638. The number of carbonyl (C=O) groups is 1. The fourth-order valence-electron chi connectivity index (χ4n) is 1.57. The van der Waals surface area contributed by atoms with Gasteiger partial charge in [0.15, 0.2) is 0 Å². The Labute approximate surface area is 85.2 Å². The molecule has 0 aromatic heterocycles. The van der Waals surface area contributed by atoms with Gasteiger partial charge in [-0.15, -0.1) is 12.3 Å². The highest BCUT2D eigenvalue weighted by molar-refractivity contribution is 5.76. The van der Waals surface area contributed by atoms with Crippen LogP contribution in [0.2, 0.25) is 0 Å². The van der Waals surface area contributed by atoms with Gasteiger partial charge in [-0.2, -0.15) is 0 Å². The summed E-state index contributed by atoms with van der Waals surface area (Å²) in [6.45, 7) is 2.70. The first-order valence-corrected chi connectivity index (χ1v) is 5.07. The second-order valence-electron chi connectivity index (χ2n) is 3.72. The number of amides is 1. The molecular formula is C11H17NO2. The summed E-state index contributed by atoms with van der Waals surface area (Å²) in [5.41, 5.74) is 0. The van der Waals surface area contributed by atoms with Gasteiger partial charge in [-0.25, -0.2) is 0 Å². The summed E-state index contributed by atoms with van der Waals surface area (Å²) in [4.78, 5) is 11.4. The van der Waals surface area contributed by atoms with Crippen LogP contribution >= 0.6 is 0 Å². The maximum Gasteiger partial charge on any atom is 0.222 e. The van der Waals surface area contributed by atoms with Crippen molar-refractivity contribution in [2.45, 2.75) is 44.8 Å². The van der Waals surface area contributed by atoms with Gasteiger partial charge in [-0.3, -0.25) is 4.79 Å². The average molecular weight is 195 g/mol. The van der Waals surface area contributed by atoms with Gasteiger partial charge in [0.25, 0.3) is 0 Å². The number of nitrogens with one attached hydrogen (secondary N) is 1. The van der Waals surface area contributed by atoms with Crippen LogP contribution in [0.1, 0.15) is 32.6 Å². The summed E-state index contributed by atoms with van der Waals surface area (Å²) in [6.07, 6.45) is 8.37. The second kappa shape index (κ2) is 5.66. The fourth-order valence-corrected chi connectivity index (χ4v) is 1.57. The summed E-state index contributed by atoms with van der Waals surface area (Å²) < 4.78 is 5.36. The van der Waals surface area contributed by atoms with Crippen LogP contribution in [0.25, 0.3) is 0 Å². The molecule has 0 aromatic rings. The first kappa shape index (κ1) is 11.1. The van der Waals surface area contributed by atoms with Crippen LogP contribution in [0, 0.1) is 12.3 Å². The molecule has 0 spiro atoms.